The number of aliphatic imine (C=N–C) groups is 1. The first-order valence-corrected chi connectivity index (χ1v) is 12.3. The van der Waals surface area contributed by atoms with E-state index in [4.69, 9.17) is 19.5 Å². The second-order valence-electron chi connectivity index (χ2n) is 11.4. The zero-order valence-electron chi connectivity index (χ0n) is 21.9. The van der Waals surface area contributed by atoms with Crippen LogP contribution in [0.5, 0.6) is 0 Å². The predicted molar refractivity (Wildman–Crippen MR) is 139 cm³/mol. The van der Waals surface area contributed by atoms with Gasteiger partial charge in [0, 0.05) is 11.6 Å². The van der Waals surface area contributed by atoms with Gasteiger partial charge in [-0.25, -0.2) is 29.4 Å². The molecule has 0 saturated carbocycles. The summed E-state index contributed by atoms with van der Waals surface area (Å²) >= 11 is 3.62. The second-order valence-corrected chi connectivity index (χ2v) is 12.2. The van der Waals surface area contributed by atoms with Crippen LogP contribution < -0.4 is 0 Å². The highest BCUT2D eigenvalue weighted by Gasteiger charge is 2.39. The van der Waals surface area contributed by atoms with Crippen molar-refractivity contribution in [1.29, 1.82) is 0 Å². The highest BCUT2D eigenvalue weighted by atomic mass is 79.9. The molecule has 0 radical (unpaired) electrons. The third-order valence-electron chi connectivity index (χ3n) is 4.88. The molecule has 1 saturated heterocycles. The maximum absolute atomic E-state index is 13.0. The molecule has 0 unspecified atom stereocenters. The molecule has 0 aliphatic carbocycles. The summed E-state index contributed by atoms with van der Waals surface area (Å²) in [4.78, 5) is 42.7. The minimum Gasteiger partial charge on any atom is -0.443 e. The van der Waals surface area contributed by atoms with Crippen LogP contribution in [0.3, 0.4) is 0 Å². The Morgan fingerprint density at radius 3 is 1.89 bits per heavy atom. The standard InChI is InChI=1S/C25H34BrN5O4/c1-23(2,3)17-14-27-16-11-10-15(18(26)19(16)29-17)28-20-30(21(32)34-24(4,5)6)12-13-31(20)22(33)35-25(7,8)9/h10-11,14H,12-13H2,1-9H3. The molecule has 0 spiro atoms. The summed E-state index contributed by atoms with van der Waals surface area (Å²) in [6.45, 7) is 17.4. The van der Waals surface area contributed by atoms with Gasteiger partial charge in [0.1, 0.15) is 16.7 Å². The molecule has 9 nitrogen and oxygen atoms in total. The van der Waals surface area contributed by atoms with Crippen molar-refractivity contribution in [1.82, 2.24) is 19.8 Å². The van der Waals surface area contributed by atoms with Gasteiger partial charge in [0.15, 0.2) is 0 Å². The van der Waals surface area contributed by atoms with Gasteiger partial charge < -0.3 is 9.47 Å². The van der Waals surface area contributed by atoms with Crippen molar-refractivity contribution in [2.75, 3.05) is 13.1 Å². The third kappa shape index (κ3) is 6.48. The van der Waals surface area contributed by atoms with Crippen LogP contribution in [-0.4, -0.2) is 62.2 Å². The van der Waals surface area contributed by atoms with Crippen LogP contribution in [0.15, 0.2) is 27.8 Å². The number of nitrogens with zero attached hydrogens (tertiary/aromatic N) is 5. The van der Waals surface area contributed by atoms with Crippen LogP contribution in [-0.2, 0) is 14.9 Å². The van der Waals surface area contributed by atoms with Gasteiger partial charge in [0.05, 0.1) is 34.5 Å². The molecule has 35 heavy (non-hydrogen) atoms. The normalized spacial score (nSPS) is 15.0. The molecule has 1 fully saturated rings. The topological polar surface area (TPSA) is 97.2 Å². The fraction of sp³-hybridized carbons (Fsp3) is 0.560. The van der Waals surface area contributed by atoms with E-state index in [0.717, 1.165) is 5.69 Å². The first kappa shape index (κ1) is 26.8. The molecule has 0 N–H and O–H groups in total. The third-order valence-corrected chi connectivity index (χ3v) is 5.66. The molecule has 1 aromatic carbocycles. The molecule has 0 bridgehead atoms. The number of carbonyl (C=O) groups is 2. The summed E-state index contributed by atoms with van der Waals surface area (Å²) in [6, 6.07) is 3.58. The summed E-state index contributed by atoms with van der Waals surface area (Å²) in [5, 5.41) is 0. The molecule has 2 amide bonds. The molecular weight excluding hydrogens is 514 g/mol. The zero-order chi connectivity index (χ0) is 26.3. The number of rotatable bonds is 1. The Morgan fingerprint density at radius 2 is 1.43 bits per heavy atom. The number of aromatic nitrogens is 2. The van der Waals surface area contributed by atoms with Gasteiger partial charge in [-0.2, -0.15) is 0 Å². The summed E-state index contributed by atoms with van der Waals surface area (Å²) in [5.74, 6) is 0.133. The summed E-state index contributed by atoms with van der Waals surface area (Å²) in [5.41, 5.74) is 1.08. The first-order chi connectivity index (χ1) is 16.0. The molecule has 1 aromatic heterocycles. The minimum atomic E-state index is -0.704. The average molecular weight is 548 g/mol. The van der Waals surface area contributed by atoms with E-state index in [2.05, 4.69) is 41.7 Å². The van der Waals surface area contributed by atoms with Crippen molar-refractivity contribution in [3.05, 3.63) is 28.5 Å². The monoisotopic (exact) mass is 547 g/mol. The lowest BCUT2D eigenvalue weighted by Crippen LogP contribution is -2.44. The average Bonchev–Trinajstić information content (AvgIpc) is 3.10. The van der Waals surface area contributed by atoms with Crippen molar-refractivity contribution in [3.63, 3.8) is 0 Å². The van der Waals surface area contributed by atoms with E-state index in [1.165, 1.54) is 9.80 Å². The Hall–Kier alpha value is -2.75. The lowest BCUT2D eigenvalue weighted by molar-refractivity contribution is 0.0375. The molecular formula is C25H34BrN5O4. The number of ether oxygens (including phenoxy) is 2. The number of halogens is 1. The second kappa shape index (κ2) is 9.37. The van der Waals surface area contributed by atoms with Gasteiger partial charge in [0.25, 0.3) is 0 Å². The smallest absolute Gasteiger partial charge is 0.417 e. The fourth-order valence-electron chi connectivity index (χ4n) is 3.24. The number of guanidine groups is 1. The minimum absolute atomic E-state index is 0.133. The van der Waals surface area contributed by atoms with Gasteiger partial charge >= 0.3 is 12.2 Å². The molecule has 2 heterocycles. The van der Waals surface area contributed by atoms with E-state index in [9.17, 15) is 9.59 Å². The van der Waals surface area contributed by atoms with Gasteiger partial charge in [-0.1, -0.05) is 20.8 Å². The van der Waals surface area contributed by atoms with Gasteiger partial charge in [-0.05, 0) is 69.6 Å². The van der Waals surface area contributed by atoms with Crippen LogP contribution >= 0.6 is 15.9 Å². The van der Waals surface area contributed by atoms with E-state index in [0.29, 0.717) is 21.2 Å². The lowest BCUT2D eigenvalue weighted by atomic mass is 9.92. The number of benzene rings is 1. The number of carbonyl (C=O) groups excluding carboxylic acids is 2. The van der Waals surface area contributed by atoms with E-state index in [-0.39, 0.29) is 24.5 Å². The summed E-state index contributed by atoms with van der Waals surface area (Å²) < 4.78 is 11.7. The largest absolute Gasteiger partial charge is 0.443 e. The molecule has 190 valence electrons. The van der Waals surface area contributed by atoms with E-state index < -0.39 is 23.4 Å². The summed E-state index contributed by atoms with van der Waals surface area (Å²) in [7, 11) is 0. The van der Waals surface area contributed by atoms with E-state index in [1.807, 2.05) is 6.07 Å². The first-order valence-electron chi connectivity index (χ1n) is 11.5. The zero-order valence-corrected chi connectivity index (χ0v) is 23.5. The van der Waals surface area contributed by atoms with Crippen molar-refractivity contribution < 1.29 is 19.1 Å². The molecule has 1 aliphatic rings. The SMILES string of the molecule is CC(C)(C)OC(=O)N1CCN(C(=O)OC(C)(C)C)C1=Nc1ccc2ncc(C(C)(C)C)nc2c1Br. The number of fused-ring (bicyclic) bond motifs is 1. The highest BCUT2D eigenvalue weighted by molar-refractivity contribution is 9.10. The predicted octanol–water partition coefficient (Wildman–Crippen LogP) is 6.17. The Labute approximate surface area is 215 Å². The Bertz CT molecular complexity index is 1140. The van der Waals surface area contributed by atoms with Crippen molar-refractivity contribution >= 4 is 50.8 Å². The lowest BCUT2D eigenvalue weighted by Gasteiger charge is -2.27. The van der Waals surface area contributed by atoms with Crippen LogP contribution in [0, 0.1) is 0 Å². The Balaban J connectivity index is 2.11. The van der Waals surface area contributed by atoms with E-state index in [1.54, 1.807) is 53.8 Å². The van der Waals surface area contributed by atoms with Crippen molar-refractivity contribution in [2.45, 2.75) is 78.9 Å². The number of hydrogen-bond acceptors (Lipinski definition) is 7. The quantitative estimate of drug-likeness (QED) is 0.423. The van der Waals surface area contributed by atoms with Crippen LogP contribution in [0.2, 0.25) is 0 Å². The summed E-state index contributed by atoms with van der Waals surface area (Å²) in [6.07, 6.45) is 0.592. The van der Waals surface area contributed by atoms with Crippen molar-refractivity contribution in [2.24, 2.45) is 4.99 Å². The molecule has 1 aliphatic heterocycles. The molecule has 10 heteroatoms. The molecule has 0 atom stereocenters. The van der Waals surface area contributed by atoms with Gasteiger partial charge in [-0.15, -0.1) is 0 Å². The molecule has 3 rings (SSSR count). The number of hydrogen-bond donors (Lipinski definition) is 0. The van der Waals surface area contributed by atoms with Gasteiger partial charge in [-0.3, -0.25) is 4.98 Å². The Morgan fingerprint density at radius 1 is 0.914 bits per heavy atom. The van der Waals surface area contributed by atoms with E-state index >= 15 is 0 Å². The van der Waals surface area contributed by atoms with Gasteiger partial charge in [0.2, 0.25) is 5.96 Å². The van der Waals surface area contributed by atoms with Crippen molar-refractivity contribution in [3.8, 4) is 0 Å². The maximum atomic E-state index is 13.0. The fourth-order valence-corrected chi connectivity index (χ4v) is 3.75. The highest BCUT2D eigenvalue weighted by Crippen LogP contribution is 2.34. The van der Waals surface area contributed by atoms with Crippen LogP contribution in [0.4, 0.5) is 15.3 Å². The maximum Gasteiger partial charge on any atom is 0.417 e. The Kier molecular flexibility index (Phi) is 7.19. The van der Waals surface area contributed by atoms with Crippen LogP contribution in [0.25, 0.3) is 11.0 Å². The molecule has 2 aromatic rings. The van der Waals surface area contributed by atoms with Crippen LogP contribution in [0.1, 0.15) is 68.0 Å². The number of amides is 2.